The molecule has 0 aliphatic rings. The quantitative estimate of drug-likeness (QED) is 0.419. The molecule has 2 heterocycles. The Kier molecular flexibility index (Phi) is 3.85. The van der Waals surface area contributed by atoms with Gasteiger partial charge in [0.2, 0.25) is 5.78 Å². The van der Waals surface area contributed by atoms with Gasteiger partial charge < -0.3 is 0 Å². The van der Waals surface area contributed by atoms with E-state index in [1.165, 1.54) is 11.3 Å². The summed E-state index contributed by atoms with van der Waals surface area (Å²) in [6.45, 7) is 2.00. The maximum Gasteiger partial charge on any atom is 0.368 e. The van der Waals surface area contributed by atoms with Gasteiger partial charge in [-0.2, -0.15) is 4.68 Å². The monoisotopic (exact) mass is 350 g/mol. The van der Waals surface area contributed by atoms with E-state index in [1.807, 2.05) is 55.5 Å². The van der Waals surface area contributed by atoms with Crippen molar-refractivity contribution in [3.8, 4) is 5.69 Å². The second-order valence-corrected chi connectivity index (χ2v) is 6.90. The Hall–Kier alpha value is -2.93. The Morgan fingerprint density at radius 3 is 2.72 bits per heavy atom. The van der Waals surface area contributed by atoms with Crippen molar-refractivity contribution in [2.75, 3.05) is 0 Å². The number of carbonyl (C=O) groups is 1. The van der Waals surface area contributed by atoms with Crippen LogP contribution in [0.2, 0.25) is 0 Å². The molecule has 6 nitrogen and oxygen atoms in total. The van der Waals surface area contributed by atoms with Crippen molar-refractivity contribution in [3.05, 3.63) is 64.9 Å². The van der Waals surface area contributed by atoms with Gasteiger partial charge in [-0.05, 0) is 35.5 Å². The number of carbonyl (C=O) groups excluding carboxylic acids is 1. The molecular weight excluding hydrogens is 334 g/mol. The number of nitrogens with zero attached hydrogens (tertiary/aromatic N) is 5. The predicted octanol–water partition coefficient (Wildman–Crippen LogP) is 2.44. The lowest BCUT2D eigenvalue weighted by Crippen LogP contribution is -2.44. The molecule has 2 aromatic carbocycles. The van der Waals surface area contributed by atoms with E-state index in [1.54, 1.807) is 16.5 Å². The molecule has 4 aromatic rings. The summed E-state index contributed by atoms with van der Waals surface area (Å²) < 4.78 is 2.76. The van der Waals surface area contributed by atoms with E-state index in [0.29, 0.717) is 5.82 Å². The van der Waals surface area contributed by atoms with E-state index in [4.69, 9.17) is 0 Å². The van der Waals surface area contributed by atoms with Gasteiger partial charge in [-0.1, -0.05) is 30.3 Å². The van der Waals surface area contributed by atoms with Gasteiger partial charge in [-0.25, -0.2) is 4.98 Å². The lowest BCUT2D eigenvalue weighted by atomic mass is 10.2. The van der Waals surface area contributed by atoms with Crippen molar-refractivity contribution in [3.63, 3.8) is 0 Å². The van der Waals surface area contributed by atoms with E-state index in [2.05, 4.69) is 15.3 Å². The van der Waals surface area contributed by atoms with Crippen LogP contribution in [0, 0.1) is 6.92 Å². The molecule has 4 rings (SSSR count). The first-order chi connectivity index (χ1) is 12.1. The van der Waals surface area contributed by atoms with Crippen molar-refractivity contribution < 1.29 is 9.48 Å². The third-order valence-corrected chi connectivity index (χ3v) is 5.08. The standard InChI is InChI=1S/C18H16N5OS/c1-12-7-3-5-9-14(12)23-21-20-18(22(23)2)15(24)11-17-19-13-8-4-6-10-16(13)25-17/h3-10H,11H2,1-2H3/q+1. The molecule has 0 aliphatic heterocycles. The van der Waals surface area contributed by atoms with Gasteiger partial charge in [0.05, 0.1) is 23.7 Å². The molecule has 0 spiro atoms. The third-order valence-electron chi connectivity index (χ3n) is 4.05. The van der Waals surface area contributed by atoms with Crippen LogP contribution in [-0.4, -0.2) is 25.9 Å². The Balaban J connectivity index is 1.64. The van der Waals surface area contributed by atoms with Crippen molar-refractivity contribution in [2.45, 2.75) is 13.3 Å². The molecule has 0 aliphatic carbocycles. The summed E-state index contributed by atoms with van der Waals surface area (Å²) in [5.41, 5.74) is 2.88. The normalized spacial score (nSPS) is 11.1. The van der Waals surface area contributed by atoms with Gasteiger partial charge in [0, 0.05) is 0 Å². The first kappa shape index (κ1) is 15.6. The summed E-state index contributed by atoms with van der Waals surface area (Å²) in [6.07, 6.45) is 0.222. The molecule has 0 saturated carbocycles. The molecule has 0 fully saturated rings. The van der Waals surface area contributed by atoms with Crippen LogP contribution < -0.4 is 4.68 Å². The molecule has 2 aromatic heterocycles. The minimum absolute atomic E-state index is 0.0959. The van der Waals surface area contributed by atoms with Crippen LogP contribution in [-0.2, 0) is 13.5 Å². The molecule has 25 heavy (non-hydrogen) atoms. The first-order valence-corrected chi connectivity index (χ1v) is 8.71. The minimum Gasteiger partial charge on any atom is -0.287 e. The van der Waals surface area contributed by atoms with Crippen molar-refractivity contribution in [2.24, 2.45) is 7.05 Å². The largest absolute Gasteiger partial charge is 0.368 e. The number of hydrogen-bond acceptors (Lipinski definition) is 5. The fourth-order valence-corrected chi connectivity index (χ4v) is 3.71. The fourth-order valence-electron chi connectivity index (χ4n) is 2.74. The van der Waals surface area contributed by atoms with Gasteiger partial charge in [0.25, 0.3) is 0 Å². The van der Waals surface area contributed by atoms with Gasteiger partial charge in [0.1, 0.15) is 15.8 Å². The summed E-state index contributed by atoms with van der Waals surface area (Å²) >= 11 is 1.54. The number of rotatable bonds is 4. The molecule has 0 saturated heterocycles. The maximum atomic E-state index is 12.7. The Morgan fingerprint density at radius 2 is 1.92 bits per heavy atom. The Bertz CT molecular complexity index is 1050. The number of para-hydroxylation sites is 2. The van der Waals surface area contributed by atoms with E-state index >= 15 is 0 Å². The van der Waals surface area contributed by atoms with Crippen LogP contribution in [0.25, 0.3) is 15.9 Å². The highest BCUT2D eigenvalue weighted by Gasteiger charge is 2.27. The summed E-state index contributed by atoms with van der Waals surface area (Å²) in [7, 11) is 1.79. The number of hydrogen-bond donors (Lipinski definition) is 0. The highest BCUT2D eigenvalue weighted by atomic mass is 32.1. The minimum atomic E-state index is -0.0959. The molecule has 0 amide bonds. The number of aryl methyl sites for hydroxylation is 1. The van der Waals surface area contributed by atoms with Gasteiger partial charge in [-0.3, -0.25) is 4.79 Å². The molecule has 0 radical (unpaired) electrons. The summed E-state index contributed by atoms with van der Waals surface area (Å²) in [5, 5.41) is 9.02. The van der Waals surface area contributed by atoms with Crippen LogP contribution in [0.4, 0.5) is 0 Å². The lowest BCUT2D eigenvalue weighted by molar-refractivity contribution is -0.750. The smallest absolute Gasteiger partial charge is 0.287 e. The number of Topliss-reactive ketones (excluding diaryl/α,β-unsaturated/α-hetero) is 1. The van der Waals surface area contributed by atoms with Crippen LogP contribution in [0.15, 0.2) is 48.5 Å². The number of thiazole rings is 1. The summed E-state index contributed by atoms with van der Waals surface area (Å²) in [4.78, 5) is 18.8. The van der Waals surface area contributed by atoms with Crippen LogP contribution in [0.1, 0.15) is 21.2 Å². The Labute approximate surface area is 148 Å². The fraction of sp³-hybridized carbons (Fsp3) is 0.167. The van der Waals surface area contributed by atoms with Crippen molar-refractivity contribution in [1.29, 1.82) is 0 Å². The second-order valence-electron chi connectivity index (χ2n) is 5.79. The van der Waals surface area contributed by atoms with Gasteiger partial charge in [0.15, 0.2) is 5.21 Å². The maximum absolute atomic E-state index is 12.7. The average molecular weight is 350 g/mol. The lowest BCUT2D eigenvalue weighted by Gasteiger charge is -2.02. The molecule has 0 N–H and O–H groups in total. The van der Waals surface area contributed by atoms with Crippen LogP contribution in [0.5, 0.6) is 0 Å². The predicted molar refractivity (Wildman–Crippen MR) is 94.9 cm³/mol. The number of aromatic nitrogens is 5. The summed E-state index contributed by atoms with van der Waals surface area (Å²) in [6, 6.07) is 15.7. The first-order valence-electron chi connectivity index (χ1n) is 7.89. The molecule has 0 bridgehead atoms. The van der Waals surface area contributed by atoms with Crippen molar-refractivity contribution in [1.82, 2.24) is 20.1 Å². The molecule has 0 atom stereocenters. The van der Waals surface area contributed by atoms with Crippen molar-refractivity contribution >= 4 is 27.3 Å². The van der Waals surface area contributed by atoms with E-state index in [0.717, 1.165) is 26.5 Å². The highest BCUT2D eigenvalue weighted by molar-refractivity contribution is 7.18. The van der Waals surface area contributed by atoms with Crippen LogP contribution in [0.3, 0.4) is 0 Å². The molecule has 124 valence electrons. The molecule has 0 unspecified atom stereocenters. The summed E-state index contributed by atoms with van der Waals surface area (Å²) in [5.74, 6) is 0.226. The zero-order valence-corrected chi connectivity index (χ0v) is 14.7. The van der Waals surface area contributed by atoms with E-state index in [9.17, 15) is 4.79 Å². The Morgan fingerprint density at radius 1 is 1.16 bits per heavy atom. The third kappa shape index (κ3) is 2.83. The van der Waals surface area contributed by atoms with E-state index < -0.39 is 0 Å². The SMILES string of the molecule is Cc1ccccc1-n1nnc(C(=O)Cc2nc3ccccc3s2)[n+]1C. The number of fused-ring (bicyclic) bond motifs is 1. The zero-order chi connectivity index (χ0) is 17.4. The van der Waals surface area contributed by atoms with Gasteiger partial charge in [-0.15, -0.1) is 11.3 Å². The number of benzene rings is 2. The highest BCUT2D eigenvalue weighted by Crippen LogP contribution is 2.22. The van der Waals surface area contributed by atoms with E-state index in [-0.39, 0.29) is 12.2 Å². The second kappa shape index (κ2) is 6.18. The average Bonchev–Trinajstić information content (AvgIpc) is 3.18. The zero-order valence-electron chi connectivity index (χ0n) is 13.9. The number of tetrazole rings is 1. The topological polar surface area (TPSA) is 64.5 Å². The van der Waals surface area contributed by atoms with Crippen LogP contribution >= 0.6 is 11.3 Å². The van der Waals surface area contributed by atoms with Gasteiger partial charge >= 0.3 is 5.82 Å². The number of ketones is 1. The molecular formula is C18H16N5OS+. The molecule has 7 heteroatoms.